The molecular formula is C14H18ClN3O5S. The second kappa shape index (κ2) is 7.93. The highest BCUT2D eigenvalue weighted by atomic mass is 35.5. The zero-order chi connectivity index (χ0) is 17.7. The molecule has 1 saturated heterocycles. The summed E-state index contributed by atoms with van der Waals surface area (Å²) in [5, 5.41) is -0.00841. The Labute approximate surface area is 144 Å². The number of hydrogen-bond donors (Lipinski definition) is 3. The number of benzene rings is 1. The first kappa shape index (κ1) is 18.7. The highest BCUT2D eigenvalue weighted by Gasteiger charge is 2.23. The second-order valence-corrected chi connectivity index (χ2v) is 7.41. The van der Waals surface area contributed by atoms with Gasteiger partial charge in [-0.15, -0.1) is 0 Å². The minimum atomic E-state index is -3.90. The van der Waals surface area contributed by atoms with Gasteiger partial charge in [0.1, 0.15) is 4.90 Å². The Balaban J connectivity index is 2.14. The molecule has 2 rings (SSSR count). The zero-order valence-electron chi connectivity index (χ0n) is 13.0. The van der Waals surface area contributed by atoms with Gasteiger partial charge in [-0.3, -0.25) is 20.4 Å². The molecule has 0 aliphatic carbocycles. The number of carbonyl (C=O) groups excluding carboxylic acids is 2. The number of rotatable bonds is 5. The summed E-state index contributed by atoms with van der Waals surface area (Å²) in [5.41, 5.74) is 4.33. The van der Waals surface area contributed by atoms with Gasteiger partial charge in [0.2, 0.25) is 15.9 Å². The number of nitrogens with one attached hydrogen (secondary N) is 3. The zero-order valence-corrected chi connectivity index (χ0v) is 14.5. The Kier molecular flexibility index (Phi) is 6.16. The van der Waals surface area contributed by atoms with Crippen LogP contribution in [0.2, 0.25) is 5.02 Å². The lowest BCUT2D eigenvalue weighted by molar-refractivity contribution is -0.119. The van der Waals surface area contributed by atoms with Crippen molar-refractivity contribution in [2.24, 2.45) is 0 Å². The molecule has 1 aromatic rings. The van der Waals surface area contributed by atoms with E-state index in [1.54, 1.807) is 0 Å². The van der Waals surface area contributed by atoms with E-state index in [1.165, 1.54) is 19.1 Å². The van der Waals surface area contributed by atoms with E-state index in [0.717, 1.165) is 18.9 Å². The minimum Gasteiger partial charge on any atom is -0.377 e. The molecular weight excluding hydrogens is 358 g/mol. The SMILES string of the molecule is CC(=O)NNC(=O)c1ccc(Cl)c(S(=O)(=O)NCC2CCCO2)c1. The lowest BCUT2D eigenvalue weighted by Gasteiger charge is -2.13. The van der Waals surface area contributed by atoms with Gasteiger partial charge in [0.25, 0.3) is 5.91 Å². The summed E-state index contributed by atoms with van der Waals surface area (Å²) in [4.78, 5) is 22.5. The van der Waals surface area contributed by atoms with Crippen molar-refractivity contribution in [1.82, 2.24) is 15.6 Å². The van der Waals surface area contributed by atoms with E-state index in [-0.39, 0.29) is 28.1 Å². The summed E-state index contributed by atoms with van der Waals surface area (Å²) in [5.74, 6) is -1.11. The molecule has 0 radical (unpaired) electrons. The summed E-state index contributed by atoms with van der Waals surface area (Å²) in [6, 6.07) is 3.82. The van der Waals surface area contributed by atoms with Gasteiger partial charge in [0.15, 0.2) is 0 Å². The van der Waals surface area contributed by atoms with Gasteiger partial charge in [-0.25, -0.2) is 13.1 Å². The molecule has 1 atom stereocenters. The first-order valence-electron chi connectivity index (χ1n) is 7.27. The molecule has 2 amide bonds. The topological polar surface area (TPSA) is 114 Å². The van der Waals surface area contributed by atoms with Crippen LogP contribution in [0.5, 0.6) is 0 Å². The van der Waals surface area contributed by atoms with Crippen LogP contribution in [0, 0.1) is 0 Å². The molecule has 24 heavy (non-hydrogen) atoms. The number of ether oxygens (including phenoxy) is 1. The van der Waals surface area contributed by atoms with E-state index in [4.69, 9.17) is 16.3 Å². The largest absolute Gasteiger partial charge is 0.377 e. The Morgan fingerprint density at radius 2 is 2.08 bits per heavy atom. The van der Waals surface area contributed by atoms with Crippen molar-refractivity contribution in [3.63, 3.8) is 0 Å². The van der Waals surface area contributed by atoms with Crippen molar-refractivity contribution in [2.45, 2.75) is 30.8 Å². The summed E-state index contributed by atoms with van der Waals surface area (Å²) >= 11 is 5.96. The lowest BCUT2D eigenvalue weighted by Crippen LogP contribution is -2.40. The molecule has 0 spiro atoms. The summed E-state index contributed by atoms with van der Waals surface area (Å²) < 4.78 is 32.6. The van der Waals surface area contributed by atoms with Gasteiger partial charge in [-0.05, 0) is 31.0 Å². The van der Waals surface area contributed by atoms with Crippen LogP contribution in [-0.2, 0) is 19.6 Å². The number of hydrazine groups is 1. The lowest BCUT2D eigenvalue weighted by atomic mass is 10.2. The molecule has 0 aromatic heterocycles. The van der Waals surface area contributed by atoms with E-state index in [1.807, 2.05) is 0 Å². The van der Waals surface area contributed by atoms with Crippen LogP contribution in [-0.4, -0.2) is 39.5 Å². The minimum absolute atomic E-state index is 0.00841. The van der Waals surface area contributed by atoms with Crippen molar-refractivity contribution in [2.75, 3.05) is 13.2 Å². The highest BCUT2D eigenvalue weighted by molar-refractivity contribution is 7.89. The highest BCUT2D eigenvalue weighted by Crippen LogP contribution is 2.23. The van der Waals surface area contributed by atoms with Crippen LogP contribution in [0.15, 0.2) is 23.1 Å². The molecule has 1 fully saturated rings. The maximum atomic E-state index is 12.4. The fourth-order valence-corrected chi connectivity index (χ4v) is 3.74. The van der Waals surface area contributed by atoms with Crippen molar-refractivity contribution in [3.8, 4) is 0 Å². The predicted octanol–water partition coefficient (Wildman–Crippen LogP) is 0.578. The third-order valence-corrected chi connectivity index (χ3v) is 5.27. The molecule has 10 heteroatoms. The number of halogens is 1. The van der Waals surface area contributed by atoms with Crippen LogP contribution < -0.4 is 15.6 Å². The van der Waals surface area contributed by atoms with Gasteiger partial charge >= 0.3 is 0 Å². The second-order valence-electron chi connectivity index (χ2n) is 5.27. The van der Waals surface area contributed by atoms with Crippen LogP contribution in [0.1, 0.15) is 30.1 Å². The van der Waals surface area contributed by atoms with Gasteiger partial charge in [0.05, 0.1) is 11.1 Å². The first-order valence-corrected chi connectivity index (χ1v) is 9.13. The van der Waals surface area contributed by atoms with Crippen molar-refractivity contribution < 1.29 is 22.7 Å². The fraction of sp³-hybridized carbons (Fsp3) is 0.429. The Morgan fingerprint density at radius 1 is 1.33 bits per heavy atom. The third kappa shape index (κ3) is 4.91. The van der Waals surface area contributed by atoms with Crippen LogP contribution >= 0.6 is 11.6 Å². The van der Waals surface area contributed by atoms with Crippen molar-refractivity contribution in [1.29, 1.82) is 0 Å². The van der Waals surface area contributed by atoms with E-state index in [0.29, 0.717) is 6.61 Å². The Bertz CT molecular complexity index is 732. The van der Waals surface area contributed by atoms with Gasteiger partial charge < -0.3 is 4.74 Å². The maximum Gasteiger partial charge on any atom is 0.269 e. The van der Waals surface area contributed by atoms with Crippen LogP contribution in [0.4, 0.5) is 0 Å². The van der Waals surface area contributed by atoms with Crippen LogP contribution in [0.3, 0.4) is 0 Å². The average Bonchev–Trinajstić information content (AvgIpc) is 3.04. The summed E-state index contributed by atoms with van der Waals surface area (Å²) in [7, 11) is -3.90. The molecule has 1 unspecified atom stereocenters. The quantitative estimate of drug-likeness (QED) is 0.651. The molecule has 0 saturated carbocycles. The Hall–Kier alpha value is -1.68. The van der Waals surface area contributed by atoms with Gasteiger partial charge in [-0.1, -0.05) is 11.6 Å². The molecule has 1 aromatic carbocycles. The van der Waals surface area contributed by atoms with Crippen LogP contribution in [0.25, 0.3) is 0 Å². The summed E-state index contributed by atoms with van der Waals surface area (Å²) in [6.07, 6.45) is 1.52. The normalized spacial score (nSPS) is 17.5. The molecule has 8 nitrogen and oxygen atoms in total. The number of amides is 2. The fourth-order valence-electron chi connectivity index (χ4n) is 2.15. The number of hydrogen-bond acceptors (Lipinski definition) is 5. The van der Waals surface area contributed by atoms with E-state index >= 15 is 0 Å². The monoisotopic (exact) mass is 375 g/mol. The standard InChI is InChI=1S/C14H18ClN3O5S/c1-9(19)17-18-14(20)10-4-5-12(15)13(7-10)24(21,22)16-8-11-3-2-6-23-11/h4-5,7,11,16H,2-3,6,8H2,1H3,(H,17,19)(H,18,20). The third-order valence-electron chi connectivity index (χ3n) is 3.36. The van der Waals surface area contributed by atoms with Gasteiger partial charge in [-0.2, -0.15) is 0 Å². The Morgan fingerprint density at radius 3 is 2.71 bits per heavy atom. The van der Waals surface area contributed by atoms with Crippen molar-refractivity contribution >= 4 is 33.4 Å². The predicted molar refractivity (Wildman–Crippen MR) is 86.9 cm³/mol. The number of carbonyl (C=O) groups is 2. The summed E-state index contributed by atoms with van der Waals surface area (Å²) in [6.45, 7) is 1.99. The van der Waals surface area contributed by atoms with Gasteiger partial charge in [0, 0.05) is 25.6 Å². The number of sulfonamides is 1. The molecule has 1 aliphatic heterocycles. The maximum absolute atomic E-state index is 12.4. The molecule has 0 bridgehead atoms. The van der Waals surface area contributed by atoms with Crippen molar-refractivity contribution in [3.05, 3.63) is 28.8 Å². The smallest absolute Gasteiger partial charge is 0.269 e. The van der Waals surface area contributed by atoms with E-state index in [9.17, 15) is 18.0 Å². The molecule has 1 heterocycles. The average molecular weight is 376 g/mol. The molecule has 3 N–H and O–H groups in total. The molecule has 1 aliphatic rings. The first-order chi connectivity index (χ1) is 11.3. The van der Waals surface area contributed by atoms with E-state index in [2.05, 4.69) is 15.6 Å². The molecule has 132 valence electrons. The van der Waals surface area contributed by atoms with E-state index < -0.39 is 21.8 Å².